The zero-order valence-electron chi connectivity index (χ0n) is 23.3. The average Bonchev–Trinajstić information content (AvgIpc) is 3.45. The monoisotopic (exact) mass is 568 g/mol. The number of carbonyl (C=O) groups excluding carboxylic acids is 2. The summed E-state index contributed by atoms with van der Waals surface area (Å²) in [6.45, 7) is 5.57. The first-order chi connectivity index (χ1) is 19.1. The lowest BCUT2D eigenvalue weighted by atomic mass is 9.88. The van der Waals surface area contributed by atoms with Gasteiger partial charge in [0.1, 0.15) is 41.5 Å². The van der Waals surface area contributed by atoms with Gasteiger partial charge >= 0.3 is 6.09 Å². The zero-order valence-corrected chi connectivity index (χ0v) is 24.1. The third-order valence-corrected chi connectivity index (χ3v) is 8.41. The van der Waals surface area contributed by atoms with E-state index in [1.807, 2.05) is 27.0 Å². The van der Waals surface area contributed by atoms with Crippen LogP contribution in [0.2, 0.25) is 0 Å². The third-order valence-electron chi connectivity index (χ3n) is 7.24. The molecule has 1 unspecified atom stereocenters. The fraction of sp³-hybridized carbons (Fsp3) is 0.517. The van der Waals surface area contributed by atoms with Gasteiger partial charge in [0.25, 0.3) is 0 Å². The highest BCUT2D eigenvalue weighted by Gasteiger charge is 2.33. The van der Waals surface area contributed by atoms with Crippen LogP contribution in [0.5, 0.6) is 5.88 Å². The Bertz CT molecular complexity index is 1420. The number of ether oxygens (including phenoxy) is 2. The molecule has 0 spiro atoms. The minimum Gasteiger partial charge on any atom is -0.474 e. The molecule has 0 aromatic carbocycles. The second kappa shape index (κ2) is 11.6. The van der Waals surface area contributed by atoms with Crippen molar-refractivity contribution in [3.05, 3.63) is 40.9 Å². The Morgan fingerprint density at radius 2 is 1.93 bits per heavy atom. The summed E-state index contributed by atoms with van der Waals surface area (Å²) >= 11 is 1.64. The molecule has 11 heteroatoms. The van der Waals surface area contributed by atoms with E-state index in [1.165, 1.54) is 17.0 Å². The largest absolute Gasteiger partial charge is 0.596 e. The Morgan fingerprint density at radius 1 is 1.15 bits per heavy atom. The molecule has 2 aliphatic carbocycles. The first kappa shape index (κ1) is 28.1. The number of nitrogens with zero attached hydrogens (tertiary/aromatic N) is 4. The van der Waals surface area contributed by atoms with Gasteiger partial charge in [-0.2, -0.15) is 4.79 Å². The molecule has 1 atom stereocenters. The fourth-order valence-electron chi connectivity index (χ4n) is 5.43. The van der Waals surface area contributed by atoms with Crippen LogP contribution in [0.15, 0.2) is 24.7 Å². The molecule has 0 aliphatic heterocycles. The second-order valence-electron chi connectivity index (χ2n) is 11.5. The van der Waals surface area contributed by atoms with E-state index in [-0.39, 0.29) is 29.9 Å². The number of fused-ring (bicyclic) bond motifs is 3. The molecule has 1 fully saturated rings. The SMILES string of the molecule is C[N+](=CC1CCC(Oc2ncnc3sc4c(c23)C(CC(=O)Nc2ccc(F)cn2)CC4)CC1)C(=O)OC(C)(C)C. The molecule has 2 aliphatic rings. The number of hydrogen-bond acceptors (Lipinski definition) is 8. The molecule has 3 aromatic rings. The van der Waals surface area contributed by atoms with E-state index < -0.39 is 11.4 Å². The summed E-state index contributed by atoms with van der Waals surface area (Å²) in [5.74, 6) is 0.584. The van der Waals surface area contributed by atoms with Gasteiger partial charge in [0, 0.05) is 17.2 Å². The normalized spacial score (nSPS) is 21.2. The first-order valence-corrected chi connectivity index (χ1v) is 14.5. The van der Waals surface area contributed by atoms with Crippen molar-refractivity contribution in [2.75, 3.05) is 12.4 Å². The van der Waals surface area contributed by atoms with Gasteiger partial charge in [0.05, 0.1) is 11.6 Å². The number of aromatic nitrogens is 3. The number of carbonyl (C=O) groups is 2. The quantitative estimate of drug-likeness (QED) is 0.293. The van der Waals surface area contributed by atoms with Crippen LogP contribution in [0.1, 0.15) is 75.7 Å². The number of halogens is 1. The fourth-order valence-corrected chi connectivity index (χ4v) is 6.66. The van der Waals surface area contributed by atoms with Gasteiger partial charge in [-0.1, -0.05) is 0 Å². The van der Waals surface area contributed by atoms with Crippen LogP contribution in [0.3, 0.4) is 0 Å². The summed E-state index contributed by atoms with van der Waals surface area (Å²) in [4.78, 5) is 40.2. The lowest BCUT2D eigenvalue weighted by Gasteiger charge is -2.26. The molecule has 212 valence electrons. The van der Waals surface area contributed by atoms with Crippen LogP contribution in [-0.4, -0.2) is 56.5 Å². The summed E-state index contributed by atoms with van der Waals surface area (Å²) in [5.41, 5.74) is 0.580. The number of aryl methyl sites for hydroxylation is 1. The molecule has 3 aromatic heterocycles. The van der Waals surface area contributed by atoms with E-state index >= 15 is 0 Å². The number of pyridine rings is 1. The van der Waals surface area contributed by atoms with Gasteiger partial charge in [0.15, 0.2) is 6.21 Å². The topological polar surface area (TPSA) is 106 Å². The Balaban J connectivity index is 1.24. The first-order valence-electron chi connectivity index (χ1n) is 13.7. The maximum atomic E-state index is 13.2. The number of nitrogens with one attached hydrogen (secondary N) is 1. The van der Waals surface area contributed by atoms with Crippen molar-refractivity contribution in [1.29, 1.82) is 0 Å². The molecule has 5 rings (SSSR count). The smallest absolute Gasteiger partial charge is 0.474 e. The molecule has 0 radical (unpaired) electrons. The van der Waals surface area contributed by atoms with E-state index in [1.54, 1.807) is 29.3 Å². The average molecular weight is 569 g/mol. The van der Waals surface area contributed by atoms with Gasteiger partial charge < -0.3 is 14.8 Å². The highest BCUT2D eigenvalue weighted by molar-refractivity contribution is 7.19. The molecule has 0 bridgehead atoms. The van der Waals surface area contributed by atoms with Gasteiger partial charge in [0.2, 0.25) is 11.8 Å². The zero-order chi connectivity index (χ0) is 28.4. The van der Waals surface area contributed by atoms with Crippen molar-refractivity contribution in [2.45, 2.75) is 83.3 Å². The van der Waals surface area contributed by atoms with Gasteiger partial charge in [-0.3, -0.25) is 4.79 Å². The van der Waals surface area contributed by atoms with E-state index in [9.17, 15) is 14.0 Å². The highest BCUT2D eigenvalue weighted by Crippen LogP contribution is 2.47. The predicted molar refractivity (Wildman–Crippen MR) is 151 cm³/mol. The molecular weight excluding hydrogens is 533 g/mol. The van der Waals surface area contributed by atoms with Crippen molar-refractivity contribution in [3.63, 3.8) is 0 Å². The Kier molecular flexibility index (Phi) is 8.11. The molecule has 1 saturated carbocycles. The summed E-state index contributed by atoms with van der Waals surface area (Å²) in [6.07, 6.45) is 9.76. The minimum atomic E-state index is -0.530. The van der Waals surface area contributed by atoms with Crippen LogP contribution in [0.25, 0.3) is 10.2 Å². The third kappa shape index (κ3) is 6.63. The lowest BCUT2D eigenvalue weighted by Crippen LogP contribution is -2.32. The van der Waals surface area contributed by atoms with Crippen molar-refractivity contribution in [2.24, 2.45) is 5.92 Å². The summed E-state index contributed by atoms with van der Waals surface area (Å²) in [7, 11) is 1.73. The van der Waals surface area contributed by atoms with E-state index in [4.69, 9.17) is 9.47 Å². The van der Waals surface area contributed by atoms with Crippen LogP contribution < -0.4 is 10.1 Å². The van der Waals surface area contributed by atoms with E-state index in [0.29, 0.717) is 18.1 Å². The molecule has 1 N–H and O–H groups in total. The van der Waals surface area contributed by atoms with Gasteiger partial charge in [-0.25, -0.2) is 19.3 Å². The Hall–Kier alpha value is -3.47. The van der Waals surface area contributed by atoms with Crippen molar-refractivity contribution in [1.82, 2.24) is 15.0 Å². The molecule has 9 nitrogen and oxygen atoms in total. The maximum Gasteiger partial charge on any atom is 0.596 e. The van der Waals surface area contributed by atoms with Gasteiger partial charge in [-0.05, 0) is 82.9 Å². The summed E-state index contributed by atoms with van der Waals surface area (Å²) in [6, 6.07) is 2.73. The number of hydrogen-bond donors (Lipinski definition) is 1. The van der Waals surface area contributed by atoms with Crippen LogP contribution in [0.4, 0.5) is 15.0 Å². The summed E-state index contributed by atoms with van der Waals surface area (Å²) < 4.78 is 26.6. The van der Waals surface area contributed by atoms with Crippen LogP contribution in [0, 0.1) is 11.7 Å². The molecule has 40 heavy (non-hydrogen) atoms. The maximum absolute atomic E-state index is 13.2. The molecule has 2 amide bonds. The van der Waals surface area contributed by atoms with Crippen molar-refractivity contribution < 1.29 is 28.0 Å². The van der Waals surface area contributed by atoms with Crippen LogP contribution >= 0.6 is 11.3 Å². The second-order valence-corrected chi connectivity index (χ2v) is 12.6. The standard InChI is InChI=1S/C29H34FN5O4S/c1-29(2,3)39-28(37)35(4)15-17-5-9-20(10-6-17)38-26-25-24-18(7-11-21(24)40-27(25)33-16-32-26)13-23(36)34-22-12-8-19(30)14-31-22/h8,12,14-18,20H,5-7,9-11,13H2,1-4H3/p+1. The molecule has 0 saturated heterocycles. The lowest BCUT2D eigenvalue weighted by molar-refractivity contribution is -0.416. The Labute approximate surface area is 236 Å². The minimum absolute atomic E-state index is 0.0119. The van der Waals surface area contributed by atoms with E-state index in [0.717, 1.165) is 60.5 Å². The molecule has 3 heterocycles. The predicted octanol–water partition coefficient (Wildman–Crippen LogP) is 5.87. The highest BCUT2D eigenvalue weighted by atomic mass is 32.1. The number of amides is 2. The van der Waals surface area contributed by atoms with Crippen molar-refractivity contribution >= 4 is 45.6 Å². The number of thiophene rings is 1. The molecular formula is C29H35FN5O4S+. The van der Waals surface area contributed by atoms with Crippen molar-refractivity contribution in [3.8, 4) is 5.88 Å². The number of rotatable bonds is 6. The van der Waals surface area contributed by atoms with Crippen LogP contribution in [-0.2, 0) is 16.0 Å². The van der Waals surface area contributed by atoms with Gasteiger partial charge in [-0.15, -0.1) is 15.9 Å². The number of anilines is 1. The summed E-state index contributed by atoms with van der Waals surface area (Å²) in [5, 5.41) is 3.68. The Morgan fingerprint density at radius 3 is 2.62 bits per heavy atom. The van der Waals surface area contributed by atoms with E-state index in [2.05, 4.69) is 20.3 Å².